The van der Waals surface area contributed by atoms with E-state index < -0.39 is 31.3 Å². The Bertz CT molecular complexity index is 318. The van der Waals surface area contributed by atoms with E-state index in [1.54, 1.807) is 0 Å². The lowest BCUT2D eigenvalue weighted by molar-refractivity contribution is -0.175. The Hall–Kier alpha value is -1.31. The first-order valence-electron chi connectivity index (χ1n) is 6.23. The Morgan fingerprint density at radius 3 is 2.35 bits per heavy atom. The molecular formula is C12H20F3NO4. The van der Waals surface area contributed by atoms with E-state index in [1.165, 1.54) is 0 Å². The van der Waals surface area contributed by atoms with Crippen molar-refractivity contribution in [2.45, 2.75) is 32.9 Å². The summed E-state index contributed by atoms with van der Waals surface area (Å²) in [6.07, 6.45) is -3.96. The van der Waals surface area contributed by atoms with E-state index in [1.807, 2.05) is 13.8 Å². The molecule has 8 heteroatoms. The molecule has 0 rings (SSSR count). The fourth-order valence-corrected chi connectivity index (χ4v) is 1.72. The van der Waals surface area contributed by atoms with Crippen LogP contribution in [-0.2, 0) is 14.3 Å². The van der Waals surface area contributed by atoms with Gasteiger partial charge in [-0.1, -0.05) is 13.8 Å². The van der Waals surface area contributed by atoms with E-state index in [0.717, 1.165) is 0 Å². The molecule has 0 aromatic rings. The van der Waals surface area contributed by atoms with Crippen LogP contribution in [0.25, 0.3) is 0 Å². The minimum absolute atomic E-state index is 0.0954. The Morgan fingerprint density at radius 1 is 1.30 bits per heavy atom. The molecule has 5 nitrogen and oxygen atoms in total. The highest BCUT2D eigenvalue weighted by atomic mass is 19.4. The topological polar surface area (TPSA) is 75.6 Å². The van der Waals surface area contributed by atoms with Crippen LogP contribution >= 0.6 is 0 Å². The summed E-state index contributed by atoms with van der Waals surface area (Å²) in [4.78, 5) is 21.9. The summed E-state index contributed by atoms with van der Waals surface area (Å²) < 4.78 is 39.6. The predicted octanol–water partition coefficient (Wildman–Crippen LogP) is 1.82. The van der Waals surface area contributed by atoms with Crippen LogP contribution in [0.4, 0.5) is 13.2 Å². The molecule has 0 aliphatic carbocycles. The maximum atomic E-state index is 11.8. The fourth-order valence-electron chi connectivity index (χ4n) is 1.72. The number of hydrogen-bond acceptors (Lipinski definition) is 3. The standard InChI is InChI=1S/C12H20F3NO4/c1-8(2)3-9(4-11(18)19)5-16-10(17)6-20-7-12(13,14)15/h8-9H,3-7H2,1-2H3,(H,16,17)(H,18,19)/t9-/m0/s1. The number of ether oxygens (including phenoxy) is 1. The molecule has 0 saturated carbocycles. The predicted molar refractivity (Wildman–Crippen MR) is 65.1 cm³/mol. The highest BCUT2D eigenvalue weighted by molar-refractivity contribution is 5.77. The van der Waals surface area contributed by atoms with E-state index >= 15 is 0 Å². The molecule has 0 spiro atoms. The van der Waals surface area contributed by atoms with Gasteiger partial charge in [-0.05, 0) is 18.3 Å². The maximum absolute atomic E-state index is 11.8. The molecule has 1 amide bonds. The molecule has 0 heterocycles. The van der Waals surface area contributed by atoms with Gasteiger partial charge in [0.2, 0.25) is 5.91 Å². The van der Waals surface area contributed by atoms with Crippen molar-refractivity contribution in [1.29, 1.82) is 0 Å². The van der Waals surface area contributed by atoms with E-state index in [2.05, 4.69) is 10.1 Å². The molecule has 0 fully saturated rings. The number of carbonyl (C=O) groups is 2. The smallest absolute Gasteiger partial charge is 0.411 e. The number of carboxylic acid groups (broad SMARTS) is 1. The van der Waals surface area contributed by atoms with Crippen LogP contribution in [0.1, 0.15) is 26.7 Å². The van der Waals surface area contributed by atoms with Crippen LogP contribution in [-0.4, -0.2) is 42.9 Å². The molecule has 2 N–H and O–H groups in total. The molecular weight excluding hydrogens is 279 g/mol. The molecule has 0 saturated heterocycles. The number of carboxylic acids is 1. The van der Waals surface area contributed by atoms with Crippen LogP contribution in [0.3, 0.4) is 0 Å². The summed E-state index contributed by atoms with van der Waals surface area (Å²) in [5.74, 6) is -1.65. The number of aliphatic carboxylic acids is 1. The highest BCUT2D eigenvalue weighted by Gasteiger charge is 2.27. The lowest BCUT2D eigenvalue weighted by atomic mass is 9.94. The van der Waals surface area contributed by atoms with Gasteiger partial charge >= 0.3 is 12.1 Å². The Morgan fingerprint density at radius 2 is 1.90 bits per heavy atom. The number of nitrogens with one attached hydrogen (secondary N) is 1. The molecule has 20 heavy (non-hydrogen) atoms. The second-order valence-corrected chi connectivity index (χ2v) is 5.01. The second kappa shape index (κ2) is 8.78. The van der Waals surface area contributed by atoms with Crippen LogP contribution in [0, 0.1) is 11.8 Å². The molecule has 0 aliphatic rings. The van der Waals surface area contributed by atoms with Gasteiger partial charge in [-0.15, -0.1) is 0 Å². The summed E-state index contributed by atoms with van der Waals surface area (Å²) in [5, 5.41) is 11.1. The van der Waals surface area contributed by atoms with Gasteiger partial charge in [-0.25, -0.2) is 0 Å². The summed E-state index contributed by atoms with van der Waals surface area (Å²) in [6.45, 7) is 1.77. The summed E-state index contributed by atoms with van der Waals surface area (Å²) in [7, 11) is 0. The van der Waals surface area contributed by atoms with Gasteiger partial charge in [0.1, 0.15) is 13.2 Å². The van der Waals surface area contributed by atoms with Crippen LogP contribution in [0.15, 0.2) is 0 Å². The van der Waals surface area contributed by atoms with E-state index in [9.17, 15) is 22.8 Å². The zero-order chi connectivity index (χ0) is 15.8. The van der Waals surface area contributed by atoms with Gasteiger partial charge in [-0.3, -0.25) is 9.59 Å². The monoisotopic (exact) mass is 299 g/mol. The van der Waals surface area contributed by atoms with Crippen LogP contribution in [0.5, 0.6) is 0 Å². The molecule has 0 aliphatic heterocycles. The fraction of sp³-hybridized carbons (Fsp3) is 0.833. The number of rotatable bonds is 9. The second-order valence-electron chi connectivity index (χ2n) is 5.01. The van der Waals surface area contributed by atoms with Crippen molar-refractivity contribution < 1.29 is 32.6 Å². The first-order valence-corrected chi connectivity index (χ1v) is 6.23. The lowest BCUT2D eigenvalue weighted by Crippen LogP contribution is -2.34. The molecule has 1 atom stereocenters. The van der Waals surface area contributed by atoms with Crippen LogP contribution < -0.4 is 5.32 Å². The van der Waals surface area contributed by atoms with E-state index in [0.29, 0.717) is 6.42 Å². The number of alkyl halides is 3. The molecule has 0 unspecified atom stereocenters. The molecule has 0 bridgehead atoms. The van der Waals surface area contributed by atoms with Crippen molar-refractivity contribution in [2.24, 2.45) is 11.8 Å². The summed E-state index contributed by atoms with van der Waals surface area (Å²) in [6, 6.07) is 0. The first-order chi connectivity index (χ1) is 9.10. The van der Waals surface area contributed by atoms with Crippen LogP contribution in [0.2, 0.25) is 0 Å². The third-order valence-electron chi connectivity index (χ3n) is 2.35. The molecule has 0 aromatic carbocycles. The zero-order valence-electron chi connectivity index (χ0n) is 11.5. The highest BCUT2D eigenvalue weighted by Crippen LogP contribution is 2.15. The average Bonchev–Trinajstić information content (AvgIpc) is 2.22. The van der Waals surface area contributed by atoms with Gasteiger partial charge in [0, 0.05) is 13.0 Å². The average molecular weight is 299 g/mol. The maximum Gasteiger partial charge on any atom is 0.411 e. The number of amides is 1. The van der Waals surface area contributed by atoms with Crippen molar-refractivity contribution in [3.8, 4) is 0 Å². The van der Waals surface area contributed by atoms with Gasteiger partial charge in [0.15, 0.2) is 0 Å². The molecule has 0 radical (unpaired) electrons. The van der Waals surface area contributed by atoms with Crippen molar-refractivity contribution in [3.63, 3.8) is 0 Å². The van der Waals surface area contributed by atoms with Gasteiger partial charge < -0.3 is 15.2 Å². The molecule has 0 aromatic heterocycles. The lowest BCUT2D eigenvalue weighted by Gasteiger charge is -2.17. The zero-order valence-corrected chi connectivity index (χ0v) is 11.5. The largest absolute Gasteiger partial charge is 0.481 e. The van der Waals surface area contributed by atoms with Gasteiger partial charge in [-0.2, -0.15) is 13.2 Å². The van der Waals surface area contributed by atoms with Crippen molar-refractivity contribution in [1.82, 2.24) is 5.32 Å². The van der Waals surface area contributed by atoms with E-state index in [-0.39, 0.29) is 24.8 Å². The first kappa shape index (κ1) is 18.7. The van der Waals surface area contributed by atoms with Crippen molar-refractivity contribution in [2.75, 3.05) is 19.8 Å². The molecule has 118 valence electrons. The SMILES string of the molecule is CC(C)C[C@H](CNC(=O)COCC(F)(F)F)CC(=O)O. The number of hydrogen-bond donors (Lipinski definition) is 2. The Labute approximate surface area is 115 Å². The van der Waals surface area contributed by atoms with Crippen molar-refractivity contribution >= 4 is 11.9 Å². The third-order valence-corrected chi connectivity index (χ3v) is 2.35. The summed E-state index contributed by atoms with van der Waals surface area (Å²) in [5.41, 5.74) is 0. The quantitative estimate of drug-likeness (QED) is 0.681. The van der Waals surface area contributed by atoms with Gasteiger partial charge in [0.25, 0.3) is 0 Å². The van der Waals surface area contributed by atoms with Crippen molar-refractivity contribution in [3.05, 3.63) is 0 Å². The third kappa shape index (κ3) is 11.8. The minimum Gasteiger partial charge on any atom is -0.481 e. The van der Waals surface area contributed by atoms with Gasteiger partial charge in [0.05, 0.1) is 0 Å². The van der Waals surface area contributed by atoms with E-state index in [4.69, 9.17) is 5.11 Å². The number of carbonyl (C=O) groups excluding carboxylic acids is 1. The summed E-state index contributed by atoms with van der Waals surface area (Å²) >= 11 is 0. The normalized spacial score (nSPS) is 13.3. The minimum atomic E-state index is -4.47. The Balaban J connectivity index is 4.01. The number of halogens is 3. The Kier molecular flexibility index (Phi) is 8.21.